The molecule has 2 N–H and O–H groups in total. The number of carbonyl (C=O) groups excluding carboxylic acids is 1. The molecular weight excluding hydrogens is 328 g/mol. The van der Waals surface area contributed by atoms with Gasteiger partial charge in [0, 0.05) is 11.8 Å². The van der Waals surface area contributed by atoms with Crippen LogP contribution in [0.1, 0.15) is 39.2 Å². The SMILES string of the molecule is CC(=N)/C=C(\[SH2+])c1ccc2nnc(CNC(=O)OC(C)(C)C)n2n1. The third kappa shape index (κ3) is 4.79. The van der Waals surface area contributed by atoms with E-state index in [1.165, 1.54) is 0 Å². The number of hydrogen-bond acceptors (Lipinski definition) is 6. The zero-order chi connectivity index (χ0) is 17.9. The molecule has 2 heterocycles. The van der Waals surface area contributed by atoms with Gasteiger partial charge in [-0.2, -0.15) is 9.61 Å². The second-order valence-corrected chi connectivity index (χ2v) is 6.74. The predicted molar refractivity (Wildman–Crippen MR) is 95.4 cm³/mol. The highest BCUT2D eigenvalue weighted by Gasteiger charge is 2.17. The van der Waals surface area contributed by atoms with Crippen LogP contribution in [0, 0.1) is 5.41 Å². The van der Waals surface area contributed by atoms with Crippen molar-refractivity contribution in [3.63, 3.8) is 0 Å². The van der Waals surface area contributed by atoms with E-state index in [0.717, 1.165) is 0 Å². The van der Waals surface area contributed by atoms with Crippen molar-refractivity contribution in [2.45, 2.75) is 39.8 Å². The normalized spacial score (nSPS) is 12.3. The molecule has 0 fully saturated rings. The number of ether oxygens (including phenoxy) is 1. The molecule has 0 atom stereocenters. The van der Waals surface area contributed by atoms with E-state index in [0.29, 0.717) is 27.8 Å². The first kappa shape index (κ1) is 17.9. The van der Waals surface area contributed by atoms with Crippen LogP contribution < -0.4 is 5.32 Å². The first-order chi connectivity index (χ1) is 11.2. The summed E-state index contributed by atoms with van der Waals surface area (Å²) in [5.41, 5.74) is 1.02. The Kier molecular flexibility index (Phi) is 5.23. The second kappa shape index (κ2) is 7.00. The lowest BCUT2D eigenvalue weighted by Gasteiger charge is -2.19. The molecular formula is C15H21N6O2S+. The van der Waals surface area contributed by atoms with Gasteiger partial charge < -0.3 is 15.5 Å². The van der Waals surface area contributed by atoms with Gasteiger partial charge in [-0.15, -0.1) is 10.2 Å². The first-order valence-electron chi connectivity index (χ1n) is 7.33. The Balaban J connectivity index is 2.20. The van der Waals surface area contributed by atoms with E-state index in [4.69, 9.17) is 10.1 Å². The van der Waals surface area contributed by atoms with Crippen molar-refractivity contribution in [3.05, 3.63) is 29.7 Å². The Labute approximate surface area is 145 Å². The minimum absolute atomic E-state index is 0.136. The smallest absolute Gasteiger partial charge is 0.408 e. The molecule has 1 amide bonds. The molecule has 0 aliphatic carbocycles. The molecule has 128 valence electrons. The Hall–Kier alpha value is -2.42. The van der Waals surface area contributed by atoms with Gasteiger partial charge in [0.15, 0.2) is 16.4 Å². The number of aromatic nitrogens is 4. The fourth-order valence-electron chi connectivity index (χ4n) is 1.84. The van der Waals surface area contributed by atoms with Crippen LogP contribution in [0.25, 0.3) is 10.6 Å². The van der Waals surface area contributed by atoms with Crippen molar-refractivity contribution < 1.29 is 9.53 Å². The third-order valence-electron chi connectivity index (χ3n) is 2.75. The molecule has 24 heavy (non-hydrogen) atoms. The molecule has 0 unspecified atom stereocenters. The minimum Gasteiger partial charge on any atom is -0.444 e. The van der Waals surface area contributed by atoms with Crippen LogP contribution in [0.2, 0.25) is 0 Å². The Bertz CT molecular complexity index is 806. The molecule has 0 aliphatic rings. The molecule has 0 saturated heterocycles. The van der Waals surface area contributed by atoms with Crippen LogP contribution >= 0.6 is 0 Å². The van der Waals surface area contributed by atoms with E-state index < -0.39 is 11.7 Å². The summed E-state index contributed by atoms with van der Waals surface area (Å²) in [6, 6.07) is 3.54. The van der Waals surface area contributed by atoms with Crippen molar-refractivity contribution in [1.82, 2.24) is 25.1 Å². The van der Waals surface area contributed by atoms with Gasteiger partial charge in [-0.25, -0.2) is 4.79 Å². The van der Waals surface area contributed by atoms with Gasteiger partial charge in [0.05, 0.1) is 6.54 Å². The van der Waals surface area contributed by atoms with Crippen LogP contribution in [0.5, 0.6) is 0 Å². The average Bonchev–Trinajstić information content (AvgIpc) is 2.84. The van der Waals surface area contributed by atoms with Gasteiger partial charge >= 0.3 is 6.09 Å². The number of fused-ring (bicyclic) bond motifs is 1. The van der Waals surface area contributed by atoms with Gasteiger partial charge in [0.1, 0.15) is 11.3 Å². The van der Waals surface area contributed by atoms with E-state index in [2.05, 4.69) is 33.2 Å². The Morgan fingerprint density at radius 3 is 2.75 bits per heavy atom. The van der Waals surface area contributed by atoms with Crippen molar-refractivity contribution in [2.24, 2.45) is 0 Å². The van der Waals surface area contributed by atoms with Crippen LogP contribution in [0.3, 0.4) is 0 Å². The zero-order valence-electron chi connectivity index (χ0n) is 14.0. The highest BCUT2D eigenvalue weighted by Crippen LogP contribution is 2.12. The van der Waals surface area contributed by atoms with E-state index in [1.54, 1.807) is 50.4 Å². The van der Waals surface area contributed by atoms with Crippen LogP contribution in [0.4, 0.5) is 4.79 Å². The second-order valence-electron chi connectivity index (χ2n) is 6.20. The molecule has 0 bridgehead atoms. The summed E-state index contributed by atoms with van der Waals surface area (Å²) in [5, 5.41) is 22.6. The number of nitrogens with zero attached hydrogens (tertiary/aromatic N) is 4. The molecule has 0 aromatic carbocycles. The quantitative estimate of drug-likeness (QED) is 0.643. The topological polar surface area (TPSA) is 105 Å². The van der Waals surface area contributed by atoms with Crippen molar-refractivity contribution >= 4 is 35.0 Å². The van der Waals surface area contributed by atoms with E-state index >= 15 is 0 Å². The summed E-state index contributed by atoms with van der Waals surface area (Å²) in [6.45, 7) is 7.19. The summed E-state index contributed by atoms with van der Waals surface area (Å²) < 4.78 is 6.73. The van der Waals surface area contributed by atoms with Gasteiger partial charge in [0.2, 0.25) is 0 Å². The molecule has 2 aromatic heterocycles. The maximum absolute atomic E-state index is 11.7. The largest absolute Gasteiger partial charge is 0.444 e. The van der Waals surface area contributed by atoms with Crippen molar-refractivity contribution in [2.75, 3.05) is 0 Å². The van der Waals surface area contributed by atoms with Gasteiger partial charge in [-0.3, -0.25) is 0 Å². The maximum Gasteiger partial charge on any atom is 0.408 e. The molecule has 0 aliphatic heterocycles. The third-order valence-corrected chi connectivity index (χ3v) is 3.15. The lowest BCUT2D eigenvalue weighted by atomic mass is 10.2. The van der Waals surface area contributed by atoms with Crippen molar-refractivity contribution in [3.8, 4) is 0 Å². The Morgan fingerprint density at radius 2 is 2.12 bits per heavy atom. The molecule has 0 saturated carbocycles. The molecule has 0 radical (unpaired) electrons. The summed E-state index contributed by atoms with van der Waals surface area (Å²) in [6.07, 6.45) is 1.11. The monoisotopic (exact) mass is 349 g/mol. The molecule has 2 aromatic rings. The number of amides is 1. The summed E-state index contributed by atoms with van der Waals surface area (Å²) in [5.74, 6) is 0.476. The summed E-state index contributed by atoms with van der Waals surface area (Å²) in [4.78, 5) is 12.4. The van der Waals surface area contributed by atoms with Gasteiger partial charge in [-0.1, -0.05) is 0 Å². The number of allylic oxidation sites excluding steroid dienone is 1. The standard InChI is InChI=1S/C15H20N6O2S/c1-9(16)7-11(24)10-5-6-12-18-19-13(21(12)20-10)8-17-14(22)23-15(2,3)4/h5-7,16,24H,8H2,1-4H3,(H,17,22)/p+1/b11-7-,16-9?. The maximum atomic E-state index is 11.7. The van der Waals surface area contributed by atoms with Crippen molar-refractivity contribution in [1.29, 1.82) is 5.41 Å². The molecule has 9 heteroatoms. The summed E-state index contributed by atoms with van der Waals surface area (Å²) in [7, 11) is 0. The minimum atomic E-state index is -0.567. The van der Waals surface area contributed by atoms with E-state index in [1.807, 2.05) is 0 Å². The average molecular weight is 349 g/mol. The van der Waals surface area contributed by atoms with E-state index in [-0.39, 0.29) is 6.54 Å². The van der Waals surface area contributed by atoms with Crippen LogP contribution in [-0.4, -0.2) is 37.2 Å². The van der Waals surface area contributed by atoms with E-state index in [9.17, 15) is 4.79 Å². The molecule has 0 spiro atoms. The number of hydrogen-bond donors (Lipinski definition) is 2. The van der Waals surface area contributed by atoms with Crippen LogP contribution in [0.15, 0.2) is 18.2 Å². The number of alkyl carbamates (subject to hydrolysis) is 1. The number of rotatable bonds is 4. The molecule has 2 rings (SSSR count). The fourth-order valence-corrected chi connectivity index (χ4v) is 2.19. The predicted octanol–water partition coefficient (Wildman–Crippen LogP) is 1.54. The highest BCUT2D eigenvalue weighted by atomic mass is 32.1. The first-order valence-corrected chi connectivity index (χ1v) is 7.83. The van der Waals surface area contributed by atoms with Crippen LogP contribution in [-0.2, 0) is 23.9 Å². The number of nitrogens with one attached hydrogen (secondary N) is 2. The number of carbonyl (C=O) groups is 1. The summed E-state index contributed by atoms with van der Waals surface area (Å²) >= 11 is 3.45. The van der Waals surface area contributed by atoms with Gasteiger partial charge in [-0.05, 0) is 52.5 Å². The highest BCUT2D eigenvalue weighted by molar-refractivity contribution is 7.70. The lowest BCUT2D eigenvalue weighted by Crippen LogP contribution is -2.32. The lowest BCUT2D eigenvalue weighted by molar-refractivity contribution is 0.0522. The fraction of sp³-hybridized carbons (Fsp3) is 0.400. The Morgan fingerprint density at radius 1 is 1.42 bits per heavy atom. The van der Waals surface area contributed by atoms with Gasteiger partial charge in [0.25, 0.3) is 0 Å². The zero-order valence-corrected chi connectivity index (χ0v) is 15.0. The molecule has 8 nitrogen and oxygen atoms in total.